The summed E-state index contributed by atoms with van der Waals surface area (Å²) in [7, 11) is 0. The van der Waals surface area contributed by atoms with E-state index in [-0.39, 0.29) is 5.41 Å². The van der Waals surface area contributed by atoms with Crippen molar-refractivity contribution in [3.63, 3.8) is 0 Å². The van der Waals surface area contributed by atoms with E-state index >= 15 is 0 Å². The van der Waals surface area contributed by atoms with E-state index in [9.17, 15) is 0 Å². The minimum atomic E-state index is 0.238. The molecule has 1 aliphatic rings. The molecule has 0 aromatic carbocycles. The van der Waals surface area contributed by atoms with Crippen molar-refractivity contribution in [3.8, 4) is 0 Å². The normalized spacial score (nSPS) is 17.0. The van der Waals surface area contributed by atoms with Crippen LogP contribution in [0.5, 0.6) is 0 Å². The Labute approximate surface area is 91.0 Å². The minimum absolute atomic E-state index is 0.238. The van der Waals surface area contributed by atoms with Gasteiger partial charge in [0.2, 0.25) is 0 Å². The van der Waals surface area contributed by atoms with Crippen LogP contribution >= 0.6 is 0 Å². The van der Waals surface area contributed by atoms with Gasteiger partial charge in [0.15, 0.2) is 0 Å². The average molecular weight is 206 g/mol. The lowest BCUT2D eigenvalue weighted by atomic mass is 9.78. The second-order valence-electron chi connectivity index (χ2n) is 4.32. The Morgan fingerprint density at radius 1 is 1.33 bits per heavy atom. The van der Waals surface area contributed by atoms with Gasteiger partial charge in [-0.2, -0.15) is 0 Å². The molecule has 0 unspecified atom stereocenters. The maximum Gasteiger partial charge on any atom is 0.116 e. The highest BCUT2D eigenvalue weighted by Gasteiger charge is 2.28. The molecule has 0 amide bonds. The van der Waals surface area contributed by atoms with E-state index < -0.39 is 0 Å². The molecular weight excluding hydrogens is 188 g/mol. The van der Waals surface area contributed by atoms with Gasteiger partial charge in [0.25, 0.3) is 0 Å². The van der Waals surface area contributed by atoms with Crippen molar-refractivity contribution in [3.05, 3.63) is 23.8 Å². The Hall–Kier alpha value is -1.25. The zero-order chi connectivity index (χ0) is 11.3. The van der Waals surface area contributed by atoms with Gasteiger partial charge < -0.3 is 4.79 Å². The number of carbonyl (C=O) groups is 1. The SMILES string of the molecule is CC1(C)CCCc2nccnc21.CC=O. The summed E-state index contributed by atoms with van der Waals surface area (Å²) in [5, 5.41) is 0. The topological polar surface area (TPSA) is 42.9 Å². The van der Waals surface area contributed by atoms with Crippen LogP contribution in [-0.4, -0.2) is 16.3 Å². The predicted octanol–water partition coefficient (Wildman–Crippen LogP) is 2.30. The van der Waals surface area contributed by atoms with E-state index in [2.05, 4.69) is 23.8 Å². The molecule has 2 rings (SSSR count). The zero-order valence-electron chi connectivity index (χ0n) is 9.66. The summed E-state index contributed by atoms with van der Waals surface area (Å²) in [6.45, 7) is 5.94. The van der Waals surface area contributed by atoms with Crippen LogP contribution in [0.3, 0.4) is 0 Å². The average Bonchev–Trinajstić information content (AvgIpc) is 2.19. The fourth-order valence-corrected chi connectivity index (χ4v) is 1.93. The Kier molecular flexibility index (Phi) is 3.95. The molecule has 1 aromatic heterocycles. The zero-order valence-corrected chi connectivity index (χ0v) is 9.66. The molecule has 0 spiro atoms. The summed E-state index contributed by atoms with van der Waals surface area (Å²) in [4.78, 5) is 17.6. The first kappa shape index (κ1) is 11.8. The maximum absolute atomic E-state index is 8.81. The van der Waals surface area contributed by atoms with Crippen molar-refractivity contribution in [2.45, 2.75) is 45.4 Å². The van der Waals surface area contributed by atoms with E-state index in [4.69, 9.17) is 4.79 Å². The third-order valence-corrected chi connectivity index (χ3v) is 2.63. The highest BCUT2D eigenvalue weighted by molar-refractivity contribution is 5.44. The Bertz CT molecular complexity index is 334. The largest absolute Gasteiger partial charge is 0.304 e. The van der Waals surface area contributed by atoms with Crippen LogP contribution in [0.2, 0.25) is 0 Å². The molecule has 0 radical (unpaired) electrons. The van der Waals surface area contributed by atoms with Crippen LogP contribution < -0.4 is 0 Å². The number of aromatic nitrogens is 2. The van der Waals surface area contributed by atoms with Crippen molar-refractivity contribution in [1.29, 1.82) is 0 Å². The van der Waals surface area contributed by atoms with Gasteiger partial charge in [0, 0.05) is 17.8 Å². The van der Waals surface area contributed by atoms with Crippen molar-refractivity contribution < 1.29 is 4.79 Å². The molecule has 82 valence electrons. The van der Waals surface area contributed by atoms with E-state index in [1.807, 2.05) is 0 Å². The van der Waals surface area contributed by atoms with Crippen LogP contribution in [0.25, 0.3) is 0 Å². The lowest BCUT2D eigenvalue weighted by molar-refractivity contribution is -0.106. The molecule has 3 nitrogen and oxygen atoms in total. The van der Waals surface area contributed by atoms with Gasteiger partial charge in [-0.3, -0.25) is 9.97 Å². The predicted molar refractivity (Wildman–Crippen MR) is 59.7 cm³/mol. The van der Waals surface area contributed by atoms with E-state index in [0.29, 0.717) is 0 Å². The van der Waals surface area contributed by atoms with Crippen molar-refractivity contribution in [1.82, 2.24) is 9.97 Å². The number of aldehydes is 1. The number of rotatable bonds is 0. The molecule has 1 aliphatic carbocycles. The van der Waals surface area contributed by atoms with Gasteiger partial charge in [-0.25, -0.2) is 0 Å². The van der Waals surface area contributed by atoms with Crippen LogP contribution in [0.4, 0.5) is 0 Å². The first-order valence-corrected chi connectivity index (χ1v) is 5.32. The van der Waals surface area contributed by atoms with Gasteiger partial charge in [-0.15, -0.1) is 0 Å². The Balaban J connectivity index is 0.000000337. The molecule has 0 fully saturated rings. The van der Waals surface area contributed by atoms with Gasteiger partial charge in [-0.05, 0) is 26.2 Å². The van der Waals surface area contributed by atoms with Crippen molar-refractivity contribution in [2.24, 2.45) is 0 Å². The van der Waals surface area contributed by atoms with E-state index in [1.165, 1.54) is 31.2 Å². The van der Waals surface area contributed by atoms with Gasteiger partial charge >= 0.3 is 0 Å². The first-order valence-electron chi connectivity index (χ1n) is 5.32. The second kappa shape index (κ2) is 5.01. The van der Waals surface area contributed by atoms with Crippen LogP contribution in [0.15, 0.2) is 12.4 Å². The first-order chi connectivity index (χ1) is 7.11. The molecule has 0 atom stereocenters. The number of carbonyl (C=O) groups excluding carboxylic acids is 1. The smallest absolute Gasteiger partial charge is 0.116 e. The quantitative estimate of drug-likeness (QED) is 0.612. The molecule has 0 bridgehead atoms. The summed E-state index contributed by atoms with van der Waals surface area (Å²) in [6, 6.07) is 0. The van der Waals surface area contributed by atoms with Gasteiger partial charge in [0.05, 0.1) is 11.4 Å². The van der Waals surface area contributed by atoms with Crippen LogP contribution in [0.1, 0.15) is 45.0 Å². The molecule has 0 aliphatic heterocycles. The summed E-state index contributed by atoms with van der Waals surface area (Å²) in [5.41, 5.74) is 2.65. The van der Waals surface area contributed by atoms with E-state index in [1.54, 1.807) is 12.4 Å². The van der Waals surface area contributed by atoms with Gasteiger partial charge in [-0.1, -0.05) is 13.8 Å². The molecule has 0 saturated heterocycles. The van der Waals surface area contributed by atoms with Crippen molar-refractivity contribution in [2.75, 3.05) is 0 Å². The molecule has 1 aromatic rings. The maximum atomic E-state index is 8.81. The standard InChI is InChI=1S/C10H14N2.C2H4O/c1-10(2)5-3-4-8-9(10)12-7-6-11-8;1-2-3/h6-7H,3-5H2,1-2H3;2H,1H3. The fourth-order valence-electron chi connectivity index (χ4n) is 1.93. The summed E-state index contributed by atoms with van der Waals surface area (Å²) < 4.78 is 0. The van der Waals surface area contributed by atoms with E-state index in [0.717, 1.165) is 12.7 Å². The number of fused-ring (bicyclic) bond motifs is 1. The molecule has 0 N–H and O–H groups in total. The monoisotopic (exact) mass is 206 g/mol. The number of hydrogen-bond acceptors (Lipinski definition) is 3. The highest BCUT2D eigenvalue weighted by Crippen LogP contribution is 2.33. The lowest BCUT2D eigenvalue weighted by Gasteiger charge is -2.29. The molecular formula is C12H18N2O. The third-order valence-electron chi connectivity index (χ3n) is 2.63. The summed E-state index contributed by atoms with van der Waals surface area (Å²) in [5.74, 6) is 0. The number of nitrogens with zero attached hydrogens (tertiary/aromatic N) is 2. The molecule has 0 saturated carbocycles. The second-order valence-corrected chi connectivity index (χ2v) is 4.32. The minimum Gasteiger partial charge on any atom is -0.304 e. The molecule has 1 heterocycles. The van der Waals surface area contributed by atoms with Crippen LogP contribution in [-0.2, 0) is 16.6 Å². The van der Waals surface area contributed by atoms with Gasteiger partial charge in [0.1, 0.15) is 6.29 Å². The Morgan fingerprint density at radius 3 is 2.53 bits per heavy atom. The summed E-state index contributed by atoms with van der Waals surface area (Å²) in [6.07, 6.45) is 7.93. The summed E-state index contributed by atoms with van der Waals surface area (Å²) >= 11 is 0. The molecule has 15 heavy (non-hydrogen) atoms. The third kappa shape index (κ3) is 2.85. The molecule has 3 heteroatoms. The van der Waals surface area contributed by atoms with Crippen molar-refractivity contribution >= 4 is 6.29 Å². The highest BCUT2D eigenvalue weighted by atomic mass is 16.1. The number of hydrogen-bond donors (Lipinski definition) is 0. The van der Waals surface area contributed by atoms with Crippen LogP contribution in [0, 0.1) is 0 Å². The fraction of sp³-hybridized carbons (Fsp3) is 0.583. The lowest BCUT2D eigenvalue weighted by Crippen LogP contribution is -2.26. The Morgan fingerprint density at radius 2 is 1.93 bits per heavy atom. The number of aryl methyl sites for hydroxylation is 1.